The Balaban J connectivity index is 2.10. The maximum atomic E-state index is 12.0. The molecule has 1 heterocycles. The maximum absolute atomic E-state index is 12.0. The van der Waals surface area contributed by atoms with Crippen LogP contribution in [0.1, 0.15) is 35.4 Å². The van der Waals surface area contributed by atoms with Crippen molar-refractivity contribution in [2.24, 2.45) is 0 Å². The Morgan fingerprint density at radius 2 is 2.00 bits per heavy atom. The summed E-state index contributed by atoms with van der Waals surface area (Å²) in [7, 11) is 0. The van der Waals surface area contributed by atoms with Crippen LogP contribution in [-0.2, 0) is 0 Å². The average molecular weight is 256 g/mol. The van der Waals surface area contributed by atoms with E-state index in [4.69, 9.17) is 5.73 Å². The Hall–Kier alpha value is -2.43. The SMILES string of the molecule is CCC(NC(=O)c1cnc(N)cn1)c1ccccc1. The van der Waals surface area contributed by atoms with Gasteiger partial charge in [0.05, 0.1) is 18.4 Å². The van der Waals surface area contributed by atoms with E-state index in [0.29, 0.717) is 5.82 Å². The lowest BCUT2D eigenvalue weighted by Crippen LogP contribution is -2.29. The van der Waals surface area contributed by atoms with Gasteiger partial charge in [0, 0.05) is 0 Å². The highest BCUT2D eigenvalue weighted by Gasteiger charge is 2.14. The topological polar surface area (TPSA) is 80.9 Å². The molecule has 5 heteroatoms. The molecule has 1 amide bonds. The third-order valence-electron chi connectivity index (χ3n) is 2.82. The van der Waals surface area contributed by atoms with E-state index in [1.54, 1.807) is 0 Å². The van der Waals surface area contributed by atoms with Crippen LogP contribution in [0.15, 0.2) is 42.7 Å². The number of amides is 1. The van der Waals surface area contributed by atoms with Gasteiger partial charge in [-0.1, -0.05) is 37.3 Å². The zero-order valence-corrected chi connectivity index (χ0v) is 10.7. The van der Waals surface area contributed by atoms with E-state index in [1.165, 1.54) is 12.4 Å². The molecular formula is C14H16N4O. The monoisotopic (exact) mass is 256 g/mol. The maximum Gasteiger partial charge on any atom is 0.271 e. The number of benzene rings is 1. The molecule has 5 nitrogen and oxygen atoms in total. The summed E-state index contributed by atoms with van der Waals surface area (Å²) in [6, 6.07) is 9.80. The first kappa shape index (κ1) is 13.0. The van der Waals surface area contributed by atoms with Crippen molar-refractivity contribution in [2.75, 3.05) is 5.73 Å². The van der Waals surface area contributed by atoms with Gasteiger partial charge < -0.3 is 11.1 Å². The second-order valence-corrected chi connectivity index (χ2v) is 4.17. The van der Waals surface area contributed by atoms with Gasteiger partial charge in [0.15, 0.2) is 0 Å². The predicted octanol–water partition coefficient (Wildman–Crippen LogP) is 1.94. The summed E-state index contributed by atoms with van der Waals surface area (Å²) in [6.07, 6.45) is 3.55. The molecule has 0 aliphatic heterocycles. The number of hydrogen-bond acceptors (Lipinski definition) is 4. The van der Waals surface area contributed by atoms with Gasteiger partial charge in [0.25, 0.3) is 5.91 Å². The molecular weight excluding hydrogens is 240 g/mol. The quantitative estimate of drug-likeness (QED) is 0.876. The van der Waals surface area contributed by atoms with Gasteiger partial charge in [0.2, 0.25) is 0 Å². The third-order valence-corrected chi connectivity index (χ3v) is 2.82. The van der Waals surface area contributed by atoms with Gasteiger partial charge in [-0.3, -0.25) is 4.79 Å². The number of hydrogen-bond donors (Lipinski definition) is 2. The molecule has 2 aromatic rings. The van der Waals surface area contributed by atoms with E-state index in [1.807, 2.05) is 37.3 Å². The Labute approximate surface area is 111 Å². The van der Waals surface area contributed by atoms with Crippen molar-refractivity contribution < 1.29 is 4.79 Å². The van der Waals surface area contributed by atoms with Crippen molar-refractivity contribution in [3.63, 3.8) is 0 Å². The Morgan fingerprint density at radius 1 is 1.26 bits per heavy atom. The molecule has 0 spiro atoms. The number of carbonyl (C=O) groups is 1. The number of carbonyl (C=O) groups excluding carboxylic acids is 1. The van der Waals surface area contributed by atoms with E-state index in [9.17, 15) is 4.79 Å². The lowest BCUT2D eigenvalue weighted by Gasteiger charge is -2.17. The van der Waals surface area contributed by atoms with Gasteiger partial charge >= 0.3 is 0 Å². The van der Waals surface area contributed by atoms with Crippen molar-refractivity contribution in [2.45, 2.75) is 19.4 Å². The van der Waals surface area contributed by atoms with E-state index in [-0.39, 0.29) is 17.6 Å². The van der Waals surface area contributed by atoms with Crippen molar-refractivity contribution in [1.29, 1.82) is 0 Å². The summed E-state index contributed by atoms with van der Waals surface area (Å²) in [5.41, 5.74) is 6.78. The Kier molecular flexibility index (Phi) is 4.07. The standard InChI is InChI=1S/C14H16N4O/c1-2-11(10-6-4-3-5-7-10)18-14(19)12-8-17-13(15)9-16-12/h3-9,11H,2H2,1H3,(H2,15,17)(H,18,19). The number of rotatable bonds is 4. The van der Waals surface area contributed by atoms with Crippen LogP contribution in [0.4, 0.5) is 5.82 Å². The van der Waals surface area contributed by atoms with Crippen LogP contribution in [-0.4, -0.2) is 15.9 Å². The van der Waals surface area contributed by atoms with Crippen LogP contribution in [0.2, 0.25) is 0 Å². The Morgan fingerprint density at radius 3 is 2.58 bits per heavy atom. The zero-order valence-electron chi connectivity index (χ0n) is 10.7. The summed E-state index contributed by atoms with van der Waals surface area (Å²) in [6.45, 7) is 2.02. The molecule has 0 saturated heterocycles. The lowest BCUT2D eigenvalue weighted by atomic mass is 10.0. The summed E-state index contributed by atoms with van der Waals surface area (Å²) < 4.78 is 0. The van der Waals surface area contributed by atoms with E-state index in [0.717, 1.165) is 12.0 Å². The van der Waals surface area contributed by atoms with Gasteiger partial charge in [0.1, 0.15) is 11.5 Å². The fourth-order valence-electron chi connectivity index (χ4n) is 1.79. The highest BCUT2D eigenvalue weighted by Crippen LogP contribution is 2.16. The lowest BCUT2D eigenvalue weighted by molar-refractivity contribution is 0.0930. The molecule has 0 radical (unpaired) electrons. The van der Waals surface area contributed by atoms with Gasteiger partial charge in [-0.05, 0) is 12.0 Å². The van der Waals surface area contributed by atoms with Gasteiger partial charge in [-0.25, -0.2) is 9.97 Å². The molecule has 1 aromatic heterocycles. The van der Waals surface area contributed by atoms with Crippen LogP contribution >= 0.6 is 0 Å². The highest BCUT2D eigenvalue weighted by molar-refractivity contribution is 5.92. The normalized spacial score (nSPS) is 11.8. The summed E-state index contributed by atoms with van der Waals surface area (Å²) >= 11 is 0. The molecule has 0 fully saturated rings. The molecule has 1 atom stereocenters. The second kappa shape index (κ2) is 5.95. The number of anilines is 1. The molecule has 0 aliphatic carbocycles. The van der Waals surface area contributed by atoms with Gasteiger partial charge in [-0.15, -0.1) is 0 Å². The number of nitrogen functional groups attached to an aromatic ring is 1. The minimum Gasteiger partial charge on any atom is -0.382 e. The molecule has 0 aliphatic rings. The molecule has 1 unspecified atom stereocenters. The largest absolute Gasteiger partial charge is 0.382 e. The fourth-order valence-corrected chi connectivity index (χ4v) is 1.79. The molecule has 1 aromatic carbocycles. The number of nitrogens with one attached hydrogen (secondary N) is 1. The van der Waals surface area contributed by atoms with Crippen molar-refractivity contribution in [1.82, 2.24) is 15.3 Å². The van der Waals surface area contributed by atoms with Crippen LogP contribution in [0.5, 0.6) is 0 Å². The minimum atomic E-state index is -0.247. The Bertz CT molecular complexity index is 539. The van der Waals surface area contributed by atoms with Crippen LogP contribution in [0, 0.1) is 0 Å². The van der Waals surface area contributed by atoms with Crippen LogP contribution in [0.3, 0.4) is 0 Å². The number of aromatic nitrogens is 2. The van der Waals surface area contributed by atoms with E-state index in [2.05, 4.69) is 15.3 Å². The first-order valence-corrected chi connectivity index (χ1v) is 6.14. The van der Waals surface area contributed by atoms with Crippen LogP contribution < -0.4 is 11.1 Å². The molecule has 0 saturated carbocycles. The molecule has 98 valence electrons. The third kappa shape index (κ3) is 3.28. The second-order valence-electron chi connectivity index (χ2n) is 4.17. The smallest absolute Gasteiger partial charge is 0.271 e. The molecule has 0 bridgehead atoms. The van der Waals surface area contributed by atoms with Crippen LogP contribution in [0.25, 0.3) is 0 Å². The molecule has 19 heavy (non-hydrogen) atoms. The minimum absolute atomic E-state index is 0.0342. The summed E-state index contributed by atoms with van der Waals surface area (Å²) in [5, 5.41) is 2.94. The zero-order chi connectivity index (χ0) is 13.7. The van der Waals surface area contributed by atoms with E-state index < -0.39 is 0 Å². The molecule has 3 N–H and O–H groups in total. The summed E-state index contributed by atoms with van der Waals surface area (Å²) in [5.74, 6) is 0.0508. The highest BCUT2D eigenvalue weighted by atomic mass is 16.1. The first-order valence-electron chi connectivity index (χ1n) is 6.14. The van der Waals surface area contributed by atoms with Crippen molar-refractivity contribution in [3.05, 3.63) is 54.0 Å². The predicted molar refractivity (Wildman–Crippen MR) is 73.4 cm³/mol. The average Bonchev–Trinajstić information content (AvgIpc) is 2.46. The van der Waals surface area contributed by atoms with Crippen molar-refractivity contribution in [3.8, 4) is 0 Å². The number of nitrogens with zero attached hydrogens (tertiary/aromatic N) is 2. The fraction of sp³-hybridized carbons (Fsp3) is 0.214. The van der Waals surface area contributed by atoms with Crippen molar-refractivity contribution >= 4 is 11.7 Å². The van der Waals surface area contributed by atoms with E-state index >= 15 is 0 Å². The van der Waals surface area contributed by atoms with Gasteiger partial charge in [-0.2, -0.15) is 0 Å². The molecule has 2 rings (SSSR count). The first-order chi connectivity index (χ1) is 9.20. The summed E-state index contributed by atoms with van der Waals surface area (Å²) in [4.78, 5) is 19.9. The number of nitrogens with two attached hydrogens (primary N) is 1.